The summed E-state index contributed by atoms with van der Waals surface area (Å²) in [5, 5.41) is 9.13. The van der Waals surface area contributed by atoms with Crippen LogP contribution in [0.2, 0.25) is 0 Å². The molecule has 0 amide bonds. The Kier molecular flexibility index (Phi) is 2.14. The summed E-state index contributed by atoms with van der Waals surface area (Å²) in [4.78, 5) is 0. The SMILES string of the molecule is Oc1ccc(-c2ccc3c(c2)OCO3)cc1F. The zero-order valence-corrected chi connectivity index (χ0v) is 8.81. The average Bonchev–Trinajstić information content (AvgIpc) is 2.79. The molecule has 2 aromatic rings. The Morgan fingerprint density at radius 2 is 1.65 bits per heavy atom. The molecule has 0 saturated heterocycles. The highest BCUT2D eigenvalue weighted by atomic mass is 19.1. The quantitative estimate of drug-likeness (QED) is 0.821. The van der Waals surface area contributed by atoms with E-state index in [4.69, 9.17) is 14.6 Å². The second kappa shape index (κ2) is 3.66. The van der Waals surface area contributed by atoms with Gasteiger partial charge in [-0.1, -0.05) is 12.1 Å². The molecule has 0 saturated carbocycles. The van der Waals surface area contributed by atoms with Gasteiger partial charge in [-0.05, 0) is 35.4 Å². The van der Waals surface area contributed by atoms with Gasteiger partial charge in [0.2, 0.25) is 6.79 Å². The van der Waals surface area contributed by atoms with Crippen LogP contribution in [0.4, 0.5) is 4.39 Å². The third-order valence-corrected chi connectivity index (χ3v) is 2.65. The average molecular weight is 232 g/mol. The number of hydrogen-bond donors (Lipinski definition) is 1. The molecular weight excluding hydrogens is 223 g/mol. The van der Waals surface area contributed by atoms with Crippen molar-refractivity contribution in [3.63, 3.8) is 0 Å². The molecule has 1 aliphatic rings. The van der Waals surface area contributed by atoms with Crippen LogP contribution in [0.1, 0.15) is 0 Å². The maximum Gasteiger partial charge on any atom is 0.231 e. The first kappa shape index (κ1) is 9.96. The molecule has 4 heteroatoms. The molecule has 17 heavy (non-hydrogen) atoms. The second-order valence-electron chi connectivity index (χ2n) is 3.73. The lowest BCUT2D eigenvalue weighted by atomic mass is 10.0. The predicted octanol–water partition coefficient (Wildman–Crippen LogP) is 2.93. The van der Waals surface area contributed by atoms with Gasteiger partial charge in [0.1, 0.15) is 0 Å². The molecule has 3 rings (SSSR count). The molecule has 0 radical (unpaired) electrons. The van der Waals surface area contributed by atoms with Gasteiger partial charge in [0.15, 0.2) is 23.1 Å². The van der Waals surface area contributed by atoms with Gasteiger partial charge in [-0.3, -0.25) is 0 Å². The number of fused-ring (bicyclic) bond motifs is 1. The third kappa shape index (κ3) is 1.67. The minimum absolute atomic E-state index is 0.211. The molecule has 0 bridgehead atoms. The molecule has 0 spiro atoms. The smallest absolute Gasteiger partial charge is 0.231 e. The Hall–Kier alpha value is -2.23. The first-order valence-corrected chi connectivity index (χ1v) is 5.12. The van der Waals surface area contributed by atoms with Gasteiger partial charge in [-0.15, -0.1) is 0 Å². The normalized spacial score (nSPS) is 12.8. The molecule has 0 atom stereocenters. The fourth-order valence-corrected chi connectivity index (χ4v) is 1.76. The Labute approximate surface area is 97.0 Å². The third-order valence-electron chi connectivity index (χ3n) is 2.65. The summed E-state index contributed by atoms with van der Waals surface area (Å²) in [5.41, 5.74) is 1.49. The van der Waals surface area contributed by atoms with Crippen molar-refractivity contribution in [2.75, 3.05) is 6.79 Å². The van der Waals surface area contributed by atoms with Crippen molar-refractivity contribution >= 4 is 0 Å². The fourth-order valence-electron chi connectivity index (χ4n) is 1.76. The molecule has 1 heterocycles. The number of phenolic OH excluding ortho intramolecular Hbond substituents is 1. The van der Waals surface area contributed by atoms with Crippen molar-refractivity contribution in [2.45, 2.75) is 0 Å². The van der Waals surface area contributed by atoms with Gasteiger partial charge >= 0.3 is 0 Å². The Morgan fingerprint density at radius 1 is 0.941 bits per heavy atom. The maximum absolute atomic E-state index is 13.2. The molecule has 2 aromatic carbocycles. The lowest BCUT2D eigenvalue weighted by Gasteiger charge is -2.04. The van der Waals surface area contributed by atoms with Crippen molar-refractivity contribution < 1.29 is 19.0 Å². The minimum Gasteiger partial charge on any atom is -0.505 e. The summed E-state index contributed by atoms with van der Waals surface area (Å²) in [6, 6.07) is 9.65. The number of benzene rings is 2. The summed E-state index contributed by atoms with van der Waals surface area (Å²) in [6.45, 7) is 0.211. The van der Waals surface area contributed by atoms with Crippen molar-refractivity contribution in [2.24, 2.45) is 0 Å². The first-order valence-electron chi connectivity index (χ1n) is 5.12. The molecule has 0 fully saturated rings. The van der Waals surface area contributed by atoms with Crippen molar-refractivity contribution in [1.82, 2.24) is 0 Å². The molecule has 0 aromatic heterocycles. The van der Waals surface area contributed by atoms with Crippen LogP contribution in [-0.4, -0.2) is 11.9 Å². The Bertz CT molecular complexity index is 581. The van der Waals surface area contributed by atoms with Crippen LogP contribution in [-0.2, 0) is 0 Å². The molecular formula is C13H9FO3. The topological polar surface area (TPSA) is 38.7 Å². The van der Waals surface area contributed by atoms with Crippen LogP contribution in [0.3, 0.4) is 0 Å². The molecule has 1 N–H and O–H groups in total. The first-order chi connectivity index (χ1) is 8.24. The molecule has 0 unspecified atom stereocenters. The van der Waals surface area contributed by atoms with E-state index in [0.717, 1.165) is 5.56 Å². The Morgan fingerprint density at radius 3 is 2.47 bits per heavy atom. The van der Waals surface area contributed by atoms with Gasteiger partial charge in [0.25, 0.3) is 0 Å². The molecule has 3 nitrogen and oxygen atoms in total. The lowest BCUT2D eigenvalue weighted by molar-refractivity contribution is 0.174. The second-order valence-corrected chi connectivity index (χ2v) is 3.73. The van der Waals surface area contributed by atoms with Crippen LogP contribution in [0.25, 0.3) is 11.1 Å². The predicted molar refractivity (Wildman–Crippen MR) is 59.6 cm³/mol. The van der Waals surface area contributed by atoms with Crippen LogP contribution >= 0.6 is 0 Å². The summed E-state index contributed by atoms with van der Waals surface area (Å²) in [5.74, 6) is 0.346. The number of ether oxygens (including phenoxy) is 2. The van der Waals surface area contributed by atoms with E-state index >= 15 is 0 Å². The van der Waals surface area contributed by atoms with Crippen molar-refractivity contribution in [3.8, 4) is 28.4 Å². The highest BCUT2D eigenvalue weighted by Crippen LogP contribution is 2.36. The maximum atomic E-state index is 13.2. The molecule has 1 aliphatic heterocycles. The van der Waals surface area contributed by atoms with Crippen LogP contribution in [0.15, 0.2) is 36.4 Å². The van der Waals surface area contributed by atoms with Gasteiger partial charge in [0.05, 0.1) is 0 Å². The summed E-state index contributed by atoms with van der Waals surface area (Å²) >= 11 is 0. The van der Waals surface area contributed by atoms with Gasteiger partial charge in [-0.2, -0.15) is 0 Å². The standard InChI is InChI=1S/C13H9FO3/c14-10-5-8(1-3-11(10)15)9-2-4-12-13(6-9)17-7-16-12/h1-6,15H,7H2. The zero-order chi connectivity index (χ0) is 11.8. The van der Waals surface area contributed by atoms with E-state index in [1.54, 1.807) is 18.2 Å². The van der Waals surface area contributed by atoms with Gasteiger partial charge in [-0.25, -0.2) is 4.39 Å². The number of halogens is 1. The largest absolute Gasteiger partial charge is 0.505 e. The molecule has 0 aliphatic carbocycles. The number of phenols is 1. The number of rotatable bonds is 1. The minimum atomic E-state index is -0.639. The van der Waals surface area contributed by atoms with E-state index in [9.17, 15) is 4.39 Å². The number of aromatic hydroxyl groups is 1. The fraction of sp³-hybridized carbons (Fsp3) is 0.0769. The number of hydrogen-bond acceptors (Lipinski definition) is 3. The van der Waals surface area contributed by atoms with E-state index in [-0.39, 0.29) is 12.5 Å². The highest BCUT2D eigenvalue weighted by Gasteiger charge is 2.14. The summed E-state index contributed by atoms with van der Waals surface area (Å²) in [7, 11) is 0. The van der Waals surface area contributed by atoms with Crippen LogP contribution in [0.5, 0.6) is 17.2 Å². The van der Waals surface area contributed by atoms with E-state index in [2.05, 4.69) is 0 Å². The monoisotopic (exact) mass is 232 g/mol. The van der Waals surface area contributed by atoms with Crippen LogP contribution in [0, 0.1) is 5.82 Å². The van der Waals surface area contributed by atoms with Crippen LogP contribution < -0.4 is 9.47 Å². The van der Waals surface area contributed by atoms with Gasteiger partial charge in [0, 0.05) is 0 Å². The molecule has 86 valence electrons. The highest BCUT2D eigenvalue weighted by molar-refractivity contribution is 5.68. The van der Waals surface area contributed by atoms with E-state index in [0.29, 0.717) is 17.1 Å². The Balaban J connectivity index is 2.06. The van der Waals surface area contributed by atoms with E-state index in [1.165, 1.54) is 12.1 Å². The van der Waals surface area contributed by atoms with Crippen molar-refractivity contribution in [3.05, 3.63) is 42.2 Å². The summed E-state index contributed by atoms with van der Waals surface area (Å²) in [6.07, 6.45) is 0. The lowest BCUT2D eigenvalue weighted by Crippen LogP contribution is -1.92. The van der Waals surface area contributed by atoms with Gasteiger partial charge < -0.3 is 14.6 Å². The summed E-state index contributed by atoms with van der Waals surface area (Å²) < 4.78 is 23.7. The zero-order valence-electron chi connectivity index (χ0n) is 8.81. The van der Waals surface area contributed by atoms with E-state index < -0.39 is 5.82 Å². The van der Waals surface area contributed by atoms with E-state index in [1.807, 2.05) is 6.07 Å². The van der Waals surface area contributed by atoms with Crippen molar-refractivity contribution in [1.29, 1.82) is 0 Å².